The molecule has 0 saturated heterocycles. The molecule has 37 heavy (non-hydrogen) atoms. The predicted molar refractivity (Wildman–Crippen MR) is 149 cm³/mol. The van der Waals surface area contributed by atoms with E-state index in [9.17, 15) is 14.9 Å². The van der Waals surface area contributed by atoms with Crippen molar-refractivity contribution in [1.29, 1.82) is 0 Å². The third kappa shape index (κ3) is 6.39. The van der Waals surface area contributed by atoms with E-state index in [1.165, 1.54) is 18.2 Å². The first-order chi connectivity index (χ1) is 18.0. The van der Waals surface area contributed by atoms with Gasteiger partial charge in [0.15, 0.2) is 5.16 Å². The van der Waals surface area contributed by atoms with Crippen molar-refractivity contribution in [3.8, 4) is 22.5 Å². The van der Waals surface area contributed by atoms with Crippen molar-refractivity contribution in [2.75, 3.05) is 12.3 Å². The topological polar surface area (TPSA) is 90.1 Å². The minimum Gasteiger partial charge on any atom is -0.351 e. The summed E-state index contributed by atoms with van der Waals surface area (Å²) in [6.45, 7) is 3.40. The summed E-state index contributed by atoms with van der Waals surface area (Å²) in [6, 6.07) is 24.3. The number of unbranched alkanes of at least 4 members (excludes halogenated alkanes) is 1. The number of halogens is 1. The second kappa shape index (κ2) is 12.6. The number of non-ortho nitro benzene ring substituents is 1. The first-order valence-corrected chi connectivity index (χ1v) is 13.4. The molecular formula is C28H27ClN4O3S. The van der Waals surface area contributed by atoms with E-state index in [0.29, 0.717) is 12.3 Å². The number of carbonyl (C=O) groups is 1. The van der Waals surface area contributed by atoms with Gasteiger partial charge in [-0.2, -0.15) is 0 Å². The first kappa shape index (κ1) is 26.4. The summed E-state index contributed by atoms with van der Waals surface area (Å²) in [5.74, 6) is 0.229. The van der Waals surface area contributed by atoms with Crippen molar-refractivity contribution in [2.45, 2.75) is 31.5 Å². The lowest BCUT2D eigenvalue weighted by atomic mass is 10.0. The van der Waals surface area contributed by atoms with Gasteiger partial charge in [-0.05, 0) is 12.5 Å². The third-order valence-corrected chi connectivity index (χ3v) is 7.08. The van der Waals surface area contributed by atoms with E-state index < -0.39 is 4.92 Å². The van der Waals surface area contributed by atoms with E-state index in [1.807, 2.05) is 36.4 Å². The Morgan fingerprint density at radius 3 is 2.35 bits per heavy atom. The molecule has 0 aliphatic rings. The number of benzene rings is 3. The van der Waals surface area contributed by atoms with Crippen LogP contribution in [-0.2, 0) is 6.54 Å². The highest BCUT2D eigenvalue weighted by molar-refractivity contribution is 7.99. The highest BCUT2D eigenvalue weighted by Gasteiger charge is 2.20. The Morgan fingerprint density at radius 2 is 1.73 bits per heavy atom. The van der Waals surface area contributed by atoms with Crippen molar-refractivity contribution < 1.29 is 9.72 Å². The quantitative estimate of drug-likeness (QED) is 0.0958. The summed E-state index contributed by atoms with van der Waals surface area (Å²) in [7, 11) is 0. The molecule has 0 spiro atoms. The molecule has 9 heteroatoms. The number of thioether (sulfide) groups is 1. The van der Waals surface area contributed by atoms with Crippen molar-refractivity contribution in [2.24, 2.45) is 0 Å². The number of rotatable bonds is 11. The molecule has 0 atom stereocenters. The molecule has 1 N–H and O–H groups in total. The van der Waals surface area contributed by atoms with Crippen LogP contribution in [0.2, 0.25) is 5.02 Å². The average molecular weight is 535 g/mol. The summed E-state index contributed by atoms with van der Waals surface area (Å²) >= 11 is 7.68. The Morgan fingerprint density at radius 1 is 1.05 bits per heavy atom. The SMILES string of the molecule is CCCCn1c(SCCNC(=O)c2ccc([N+](=O)[O-])cc2Cl)nc(-c2ccccc2)c1-c1ccccc1. The molecule has 1 amide bonds. The first-order valence-electron chi connectivity index (χ1n) is 12.1. The zero-order valence-electron chi connectivity index (χ0n) is 20.4. The zero-order chi connectivity index (χ0) is 26.2. The minimum atomic E-state index is -0.543. The van der Waals surface area contributed by atoms with E-state index in [4.69, 9.17) is 16.6 Å². The number of carbonyl (C=O) groups excluding carboxylic acids is 1. The molecule has 0 bridgehead atoms. The second-order valence-corrected chi connectivity index (χ2v) is 9.82. The van der Waals surface area contributed by atoms with Gasteiger partial charge in [0.1, 0.15) is 0 Å². The van der Waals surface area contributed by atoms with Gasteiger partial charge in [0.05, 0.1) is 26.9 Å². The smallest absolute Gasteiger partial charge is 0.270 e. The Bertz CT molecular complexity index is 1380. The van der Waals surface area contributed by atoms with Crippen LogP contribution in [0.25, 0.3) is 22.5 Å². The molecule has 1 heterocycles. The van der Waals surface area contributed by atoms with E-state index >= 15 is 0 Å². The summed E-state index contributed by atoms with van der Waals surface area (Å²) in [5.41, 5.74) is 4.24. The molecule has 1 aromatic heterocycles. The van der Waals surface area contributed by atoms with E-state index in [1.54, 1.807) is 11.8 Å². The van der Waals surface area contributed by atoms with Gasteiger partial charge in [-0.3, -0.25) is 14.9 Å². The fourth-order valence-electron chi connectivity index (χ4n) is 3.96. The maximum atomic E-state index is 12.6. The van der Waals surface area contributed by atoms with Gasteiger partial charge in [0.25, 0.3) is 11.6 Å². The molecule has 190 valence electrons. The molecule has 0 fully saturated rings. The van der Waals surface area contributed by atoms with E-state index in [2.05, 4.69) is 41.1 Å². The molecule has 0 aliphatic carbocycles. The number of aromatic nitrogens is 2. The standard InChI is InChI=1S/C28H27ClN4O3S/c1-2-3-17-32-26(21-12-8-5-9-13-21)25(20-10-6-4-7-11-20)31-28(32)37-18-16-30-27(34)23-15-14-22(33(35)36)19-24(23)29/h4-15,19H,2-3,16-18H2,1H3,(H,30,34). The molecule has 0 unspecified atom stereocenters. The van der Waals surface area contributed by atoms with Crippen LogP contribution in [0.4, 0.5) is 5.69 Å². The number of hydrogen-bond acceptors (Lipinski definition) is 5. The van der Waals surface area contributed by atoms with Crippen LogP contribution < -0.4 is 5.32 Å². The van der Waals surface area contributed by atoms with Crippen LogP contribution in [0, 0.1) is 10.1 Å². The lowest BCUT2D eigenvalue weighted by molar-refractivity contribution is -0.384. The van der Waals surface area contributed by atoms with Gasteiger partial charge in [0.2, 0.25) is 0 Å². The fraction of sp³-hybridized carbons (Fsp3) is 0.214. The van der Waals surface area contributed by atoms with Gasteiger partial charge >= 0.3 is 0 Å². The van der Waals surface area contributed by atoms with Crippen molar-refractivity contribution in [1.82, 2.24) is 14.9 Å². The van der Waals surface area contributed by atoms with Gasteiger partial charge in [-0.1, -0.05) is 97.4 Å². The van der Waals surface area contributed by atoms with Crippen molar-refractivity contribution in [3.63, 3.8) is 0 Å². The highest BCUT2D eigenvalue weighted by atomic mass is 35.5. The number of nitrogens with one attached hydrogen (secondary N) is 1. The average Bonchev–Trinajstić information content (AvgIpc) is 3.28. The monoisotopic (exact) mass is 534 g/mol. The Labute approximate surface area is 225 Å². The van der Waals surface area contributed by atoms with Gasteiger partial charge < -0.3 is 9.88 Å². The van der Waals surface area contributed by atoms with Gasteiger partial charge in [-0.15, -0.1) is 0 Å². The van der Waals surface area contributed by atoms with Gasteiger partial charge in [0, 0.05) is 42.1 Å². The minimum absolute atomic E-state index is 0.0504. The number of amides is 1. The van der Waals surface area contributed by atoms with Crippen LogP contribution in [0.1, 0.15) is 30.1 Å². The number of nitro groups is 1. The van der Waals surface area contributed by atoms with Crippen LogP contribution in [0.5, 0.6) is 0 Å². The predicted octanol–water partition coefficient (Wildman–Crippen LogP) is 7.10. The summed E-state index contributed by atoms with van der Waals surface area (Å²) in [5, 5.41) is 14.7. The van der Waals surface area contributed by atoms with Crippen molar-refractivity contribution >= 4 is 35.0 Å². The lowest BCUT2D eigenvalue weighted by Crippen LogP contribution is -2.26. The molecule has 7 nitrogen and oxygen atoms in total. The van der Waals surface area contributed by atoms with Gasteiger partial charge in [-0.25, -0.2) is 4.98 Å². The van der Waals surface area contributed by atoms with E-state index in [0.717, 1.165) is 47.1 Å². The van der Waals surface area contributed by atoms with E-state index in [-0.39, 0.29) is 22.2 Å². The maximum Gasteiger partial charge on any atom is 0.270 e. The number of nitro benzene ring substituents is 1. The Hall–Kier alpha value is -3.62. The highest BCUT2D eigenvalue weighted by Crippen LogP contribution is 2.36. The van der Waals surface area contributed by atoms with Crippen LogP contribution >= 0.6 is 23.4 Å². The number of imidazole rings is 1. The van der Waals surface area contributed by atoms with Crippen LogP contribution in [0.15, 0.2) is 84.0 Å². The molecule has 4 aromatic rings. The molecule has 3 aromatic carbocycles. The van der Waals surface area contributed by atoms with Crippen LogP contribution in [0.3, 0.4) is 0 Å². The fourth-order valence-corrected chi connectivity index (χ4v) is 5.10. The summed E-state index contributed by atoms with van der Waals surface area (Å²) in [4.78, 5) is 28.0. The molecular weight excluding hydrogens is 508 g/mol. The summed E-state index contributed by atoms with van der Waals surface area (Å²) < 4.78 is 2.28. The van der Waals surface area contributed by atoms with Crippen molar-refractivity contribution in [3.05, 3.63) is 99.6 Å². The Kier molecular flexibility index (Phi) is 8.98. The molecule has 0 aliphatic heterocycles. The third-order valence-electron chi connectivity index (χ3n) is 5.79. The number of hydrogen-bond donors (Lipinski definition) is 1. The maximum absolute atomic E-state index is 12.6. The van der Waals surface area contributed by atoms with Crippen LogP contribution in [-0.4, -0.2) is 32.7 Å². The number of nitrogens with zero attached hydrogens (tertiary/aromatic N) is 3. The Balaban J connectivity index is 1.54. The normalized spacial score (nSPS) is 10.9. The molecule has 0 saturated carbocycles. The molecule has 0 radical (unpaired) electrons. The summed E-state index contributed by atoms with van der Waals surface area (Å²) in [6.07, 6.45) is 2.08. The lowest BCUT2D eigenvalue weighted by Gasteiger charge is -2.13. The molecule has 4 rings (SSSR count). The largest absolute Gasteiger partial charge is 0.351 e. The second-order valence-electron chi connectivity index (χ2n) is 8.35. The zero-order valence-corrected chi connectivity index (χ0v) is 22.0.